The first-order chi connectivity index (χ1) is 6.68. The molecule has 2 aromatic rings. The van der Waals surface area contributed by atoms with E-state index in [1.54, 1.807) is 12.5 Å². The van der Waals surface area contributed by atoms with Crippen LogP contribution in [-0.2, 0) is 0 Å². The lowest BCUT2D eigenvalue weighted by Gasteiger charge is -1.97. The molecule has 0 fully saturated rings. The molecule has 0 unspecified atom stereocenters. The van der Waals surface area contributed by atoms with Crippen LogP contribution in [0.1, 0.15) is 22.9 Å². The third kappa shape index (κ3) is 2.13. The van der Waals surface area contributed by atoms with Crippen LogP contribution in [0.3, 0.4) is 0 Å². The second-order valence-corrected chi connectivity index (χ2v) is 3.14. The highest BCUT2D eigenvalue weighted by atomic mass is 35.5. The fourth-order valence-electron chi connectivity index (χ4n) is 1.38. The average molecular weight is 226 g/mol. The maximum atomic E-state index is 5.45. The van der Waals surface area contributed by atoms with E-state index in [1.165, 1.54) is 0 Å². The SMILES string of the molecule is C=C(c1ccoc1)c1oc(C)nc1C.Cl. The van der Waals surface area contributed by atoms with E-state index < -0.39 is 0 Å². The van der Waals surface area contributed by atoms with Crippen LogP contribution in [0.2, 0.25) is 0 Å². The van der Waals surface area contributed by atoms with Gasteiger partial charge in [-0.05, 0) is 13.0 Å². The molecule has 0 aliphatic rings. The van der Waals surface area contributed by atoms with Gasteiger partial charge in [-0.1, -0.05) is 6.58 Å². The summed E-state index contributed by atoms with van der Waals surface area (Å²) in [6.45, 7) is 7.67. The lowest BCUT2D eigenvalue weighted by atomic mass is 10.1. The quantitative estimate of drug-likeness (QED) is 0.787. The number of oxazole rings is 1. The van der Waals surface area contributed by atoms with E-state index in [1.807, 2.05) is 19.9 Å². The summed E-state index contributed by atoms with van der Waals surface area (Å²) < 4.78 is 10.4. The van der Waals surface area contributed by atoms with E-state index in [9.17, 15) is 0 Å². The van der Waals surface area contributed by atoms with Crippen molar-refractivity contribution in [2.75, 3.05) is 0 Å². The first-order valence-electron chi connectivity index (χ1n) is 4.34. The second-order valence-electron chi connectivity index (χ2n) is 3.14. The number of furan rings is 1. The van der Waals surface area contributed by atoms with E-state index in [-0.39, 0.29) is 12.4 Å². The Balaban J connectivity index is 0.00000112. The van der Waals surface area contributed by atoms with Crippen LogP contribution >= 0.6 is 12.4 Å². The Morgan fingerprint density at radius 3 is 2.60 bits per heavy atom. The van der Waals surface area contributed by atoms with Crippen molar-refractivity contribution in [1.29, 1.82) is 0 Å². The molecule has 0 aliphatic carbocycles. The van der Waals surface area contributed by atoms with Crippen LogP contribution in [0.4, 0.5) is 0 Å². The van der Waals surface area contributed by atoms with Gasteiger partial charge in [0, 0.05) is 18.1 Å². The first kappa shape index (κ1) is 11.6. The monoisotopic (exact) mass is 225 g/mol. The largest absolute Gasteiger partial charge is 0.472 e. The molecule has 3 nitrogen and oxygen atoms in total. The van der Waals surface area contributed by atoms with Gasteiger partial charge in [0.05, 0.1) is 18.2 Å². The van der Waals surface area contributed by atoms with Gasteiger partial charge in [0.1, 0.15) is 0 Å². The average Bonchev–Trinajstić information content (AvgIpc) is 2.73. The summed E-state index contributed by atoms with van der Waals surface area (Å²) in [6, 6.07) is 1.85. The number of aromatic nitrogens is 1. The van der Waals surface area contributed by atoms with Crippen molar-refractivity contribution in [3.05, 3.63) is 48.1 Å². The highest BCUT2D eigenvalue weighted by Crippen LogP contribution is 2.25. The second kappa shape index (κ2) is 4.36. The van der Waals surface area contributed by atoms with Crippen LogP contribution in [0.5, 0.6) is 0 Å². The summed E-state index contributed by atoms with van der Waals surface area (Å²) in [5.41, 5.74) is 2.58. The minimum Gasteiger partial charge on any atom is -0.472 e. The third-order valence-corrected chi connectivity index (χ3v) is 2.05. The summed E-state index contributed by atoms with van der Waals surface area (Å²) in [5.74, 6) is 1.38. The van der Waals surface area contributed by atoms with E-state index in [2.05, 4.69) is 11.6 Å². The lowest BCUT2D eigenvalue weighted by molar-refractivity contribution is 0.509. The molecule has 0 N–H and O–H groups in total. The predicted octanol–water partition coefficient (Wildman–Crippen LogP) is 3.37. The molecule has 4 heteroatoms. The van der Waals surface area contributed by atoms with Crippen molar-refractivity contribution in [2.24, 2.45) is 0 Å². The standard InChI is InChI=1S/C11H11NO2.ClH/c1-7(10-4-5-13-6-10)11-8(2)12-9(3)14-11;/h4-6H,1H2,2-3H3;1H. The molecule has 0 atom stereocenters. The molecule has 0 aliphatic heterocycles. The normalized spacial score (nSPS) is 9.73. The highest BCUT2D eigenvalue weighted by Gasteiger charge is 2.12. The van der Waals surface area contributed by atoms with Gasteiger partial charge in [-0.25, -0.2) is 4.98 Å². The van der Waals surface area contributed by atoms with Crippen molar-refractivity contribution in [1.82, 2.24) is 4.98 Å². The number of nitrogens with zero attached hydrogens (tertiary/aromatic N) is 1. The molecule has 0 radical (unpaired) electrons. The Morgan fingerprint density at radius 2 is 2.13 bits per heavy atom. The zero-order chi connectivity index (χ0) is 10.1. The Labute approximate surface area is 94.2 Å². The lowest BCUT2D eigenvalue weighted by Crippen LogP contribution is -1.83. The summed E-state index contributed by atoms with van der Waals surface area (Å²) in [5, 5.41) is 0. The van der Waals surface area contributed by atoms with Gasteiger partial charge < -0.3 is 8.83 Å². The van der Waals surface area contributed by atoms with Crippen molar-refractivity contribution >= 4 is 18.0 Å². The van der Waals surface area contributed by atoms with E-state index in [0.29, 0.717) is 5.89 Å². The van der Waals surface area contributed by atoms with Crippen LogP contribution < -0.4 is 0 Å². The van der Waals surface area contributed by atoms with Crippen LogP contribution in [0.25, 0.3) is 5.57 Å². The number of hydrogen-bond donors (Lipinski definition) is 0. The van der Waals surface area contributed by atoms with Gasteiger partial charge in [0.15, 0.2) is 11.7 Å². The topological polar surface area (TPSA) is 39.2 Å². The summed E-state index contributed by atoms with van der Waals surface area (Å²) in [4.78, 5) is 4.18. The van der Waals surface area contributed by atoms with Crippen molar-refractivity contribution in [3.63, 3.8) is 0 Å². The Kier molecular flexibility index (Phi) is 3.37. The molecule has 0 amide bonds. The Morgan fingerprint density at radius 1 is 1.40 bits per heavy atom. The third-order valence-electron chi connectivity index (χ3n) is 2.05. The van der Waals surface area contributed by atoms with Crippen molar-refractivity contribution in [3.8, 4) is 0 Å². The van der Waals surface area contributed by atoms with E-state index in [4.69, 9.17) is 8.83 Å². The number of hydrogen-bond acceptors (Lipinski definition) is 3. The summed E-state index contributed by atoms with van der Waals surface area (Å²) in [6.07, 6.45) is 3.25. The number of aryl methyl sites for hydroxylation is 2. The smallest absolute Gasteiger partial charge is 0.192 e. The van der Waals surface area contributed by atoms with Crippen LogP contribution in [-0.4, -0.2) is 4.98 Å². The Hall–Kier alpha value is -1.48. The molecule has 0 saturated carbocycles. The molecular formula is C11H12ClNO2. The summed E-state index contributed by atoms with van der Waals surface area (Å²) >= 11 is 0. The first-order valence-corrected chi connectivity index (χ1v) is 4.34. The molecular weight excluding hydrogens is 214 g/mol. The maximum Gasteiger partial charge on any atom is 0.192 e. The van der Waals surface area contributed by atoms with Crippen LogP contribution in [0.15, 0.2) is 34.0 Å². The minimum absolute atomic E-state index is 0. The van der Waals surface area contributed by atoms with Gasteiger partial charge in [0.2, 0.25) is 0 Å². The Bertz CT molecular complexity index is 457. The minimum atomic E-state index is 0. The summed E-state index contributed by atoms with van der Waals surface area (Å²) in [7, 11) is 0. The molecule has 0 spiro atoms. The van der Waals surface area contributed by atoms with Crippen LogP contribution in [0, 0.1) is 13.8 Å². The van der Waals surface area contributed by atoms with Gasteiger partial charge in [-0.2, -0.15) is 0 Å². The molecule has 0 saturated heterocycles. The van der Waals surface area contributed by atoms with Crippen molar-refractivity contribution < 1.29 is 8.83 Å². The fourth-order valence-corrected chi connectivity index (χ4v) is 1.38. The molecule has 15 heavy (non-hydrogen) atoms. The number of rotatable bonds is 2. The zero-order valence-corrected chi connectivity index (χ0v) is 9.43. The highest BCUT2D eigenvalue weighted by molar-refractivity contribution is 5.85. The molecule has 2 aromatic heterocycles. The fraction of sp³-hybridized carbons (Fsp3) is 0.182. The van der Waals surface area contributed by atoms with E-state index in [0.717, 1.165) is 22.6 Å². The molecule has 2 heterocycles. The molecule has 2 rings (SSSR count). The van der Waals surface area contributed by atoms with Gasteiger partial charge in [0.25, 0.3) is 0 Å². The molecule has 0 aromatic carbocycles. The van der Waals surface area contributed by atoms with Gasteiger partial charge in [-0.3, -0.25) is 0 Å². The van der Waals surface area contributed by atoms with Gasteiger partial charge >= 0.3 is 0 Å². The maximum absolute atomic E-state index is 5.45. The number of halogens is 1. The zero-order valence-electron chi connectivity index (χ0n) is 8.61. The van der Waals surface area contributed by atoms with Crippen molar-refractivity contribution in [2.45, 2.75) is 13.8 Å². The van der Waals surface area contributed by atoms with E-state index >= 15 is 0 Å². The van der Waals surface area contributed by atoms with Gasteiger partial charge in [-0.15, -0.1) is 12.4 Å². The molecule has 0 bridgehead atoms. The molecule has 80 valence electrons. The predicted molar refractivity (Wildman–Crippen MR) is 60.1 cm³/mol.